The molecule has 27 heavy (non-hydrogen) atoms. The van der Waals surface area contributed by atoms with Crippen LogP contribution in [0.3, 0.4) is 0 Å². The highest BCUT2D eigenvalue weighted by Gasteiger charge is 2.29. The van der Waals surface area contributed by atoms with Gasteiger partial charge in [0.25, 0.3) is 0 Å². The first-order valence-corrected chi connectivity index (χ1v) is 10.7. The summed E-state index contributed by atoms with van der Waals surface area (Å²) in [6, 6.07) is 10.6. The van der Waals surface area contributed by atoms with Crippen molar-refractivity contribution >= 4 is 17.3 Å². The smallest absolute Gasteiger partial charge is 0.191 e. The van der Waals surface area contributed by atoms with E-state index in [2.05, 4.69) is 60.2 Å². The second kappa shape index (κ2) is 9.85. The fourth-order valence-electron chi connectivity index (χ4n) is 3.18. The Morgan fingerprint density at radius 2 is 2.11 bits per heavy atom. The second-order valence-electron chi connectivity index (χ2n) is 7.17. The van der Waals surface area contributed by atoms with Gasteiger partial charge in [-0.1, -0.05) is 30.3 Å². The van der Waals surface area contributed by atoms with Crippen molar-refractivity contribution in [1.29, 1.82) is 0 Å². The zero-order valence-corrected chi connectivity index (χ0v) is 17.1. The zero-order valence-electron chi connectivity index (χ0n) is 16.3. The molecule has 1 aromatic heterocycles. The molecule has 1 atom stereocenters. The molecule has 0 radical (unpaired) electrons. The lowest BCUT2D eigenvalue weighted by Crippen LogP contribution is -2.45. The number of benzene rings is 1. The molecule has 2 aromatic rings. The summed E-state index contributed by atoms with van der Waals surface area (Å²) >= 11 is 1.73. The van der Waals surface area contributed by atoms with Gasteiger partial charge in [0.05, 0.1) is 22.8 Å². The predicted octanol–water partition coefficient (Wildman–Crippen LogP) is 3.55. The average Bonchev–Trinajstić information content (AvgIpc) is 3.33. The number of ether oxygens (including phenoxy) is 1. The molecule has 5 nitrogen and oxygen atoms in total. The molecule has 6 heteroatoms. The largest absolute Gasteiger partial charge is 0.373 e. The number of rotatable bonds is 8. The van der Waals surface area contributed by atoms with Gasteiger partial charge in [-0.3, -0.25) is 0 Å². The molecule has 1 fully saturated rings. The van der Waals surface area contributed by atoms with Crippen LogP contribution in [0.5, 0.6) is 0 Å². The third-order valence-electron chi connectivity index (χ3n) is 4.74. The number of aliphatic imine (C=N–C) groups is 1. The minimum absolute atomic E-state index is 0.0819. The molecule has 1 aromatic carbocycles. The highest BCUT2D eigenvalue weighted by molar-refractivity contribution is 7.09. The number of guanidine groups is 1. The van der Waals surface area contributed by atoms with Gasteiger partial charge in [0.2, 0.25) is 0 Å². The first-order chi connectivity index (χ1) is 13.2. The van der Waals surface area contributed by atoms with Gasteiger partial charge in [-0.25, -0.2) is 9.98 Å². The topological polar surface area (TPSA) is 58.5 Å². The van der Waals surface area contributed by atoms with Crippen LogP contribution in [0, 0.1) is 0 Å². The third kappa shape index (κ3) is 6.33. The maximum Gasteiger partial charge on any atom is 0.191 e. The summed E-state index contributed by atoms with van der Waals surface area (Å²) in [6.45, 7) is 7.30. The monoisotopic (exact) mass is 386 g/mol. The van der Waals surface area contributed by atoms with Gasteiger partial charge in [0.1, 0.15) is 0 Å². The van der Waals surface area contributed by atoms with E-state index >= 15 is 0 Å². The third-order valence-corrected chi connectivity index (χ3v) is 5.70. The SMILES string of the molecule is CCNC(=NCc1csc(CCc2ccccc2)n1)NCC1(C)CCCO1. The van der Waals surface area contributed by atoms with Crippen LogP contribution in [0.25, 0.3) is 0 Å². The Bertz CT molecular complexity index is 723. The first kappa shape index (κ1) is 19.8. The van der Waals surface area contributed by atoms with Crippen molar-refractivity contribution < 1.29 is 4.74 Å². The number of aryl methyl sites for hydroxylation is 2. The number of aromatic nitrogens is 1. The lowest BCUT2D eigenvalue weighted by Gasteiger charge is -2.24. The summed E-state index contributed by atoms with van der Waals surface area (Å²) < 4.78 is 5.84. The fourth-order valence-corrected chi connectivity index (χ4v) is 3.97. The summed E-state index contributed by atoms with van der Waals surface area (Å²) in [6.07, 6.45) is 4.24. The molecule has 0 spiro atoms. The van der Waals surface area contributed by atoms with Crippen LogP contribution < -0.4 is 10.6 Å². The van der Waals surface area contributed by atoms with Gasteiger partial charge < -0.3 is 15.4 Å². The second-order valence-corrected chi connectivity index (χ2v) is 8.11. The van der Waals surface area contributed by atoms with E-state index in [4.69, 9.17) is 14.7 Å². The van der Waals surface area contributed by atoms with Crippen molar-refractivity contribution in [2.75, 3.05) is 19.7 Å². The molecule has 2 heterocycles. The molecule has 0 aliphatic carbocycles. The molecule has 1 saturated heterocycles. The number of nitrogens with zero attached hydrogens (tertiary/aromatic N) is 2. The van der Waals surface area contributed by atoms with Gasteiger partial charge in [0.15, 0.2) is 5.96 Å². The first-order valence-electron chi connectivity index (χ1n) is 9.80. The summed E-state index contributed by atoms with van der Waals surface area (Å²) in [5, 5.41) is 10.0. The summed E-state index contributed by atoms with van der Waals surface area (Å²) in [5.41, 5.74) is 2.30. The number of nitrogens with one attached hydrogen (secondary N) is 2. The Morgan fingerprint density at radius 1 is 1.26 bits per heavy atom. The van der Waals surface area contributed by atoms with Gasteiger partial charge in [-0.15, -0.1) is 11.3 Å². The normalized spacial score (nSPS) is 20.0. The Morgan fingerprint density at radius 3 is 2.85 bits per heavy atom. The van der Waals surface area contributed by atoms with E-state index in [0.29, 0.717) is 6.54 Å². The quantitative estimate of drug-likeness (QED) is 0.538. The molecular weight excluding hydrogens is 356 g/mol. The summed E-state index contributed by atoms with van der Waals surface area (Å²) in [5.74, 6) is 0.827. The summed E-state index contributed by atoms with van der Waals surface area (Å²) in [7, 11) is 0. The van der Waals surface area contributed by atoms with Crippen molar-refractivity contribution in [3.8, 4) is 0 Å². The number of hydrogen-bond donors (Lipinski definition) is 2. The Labute approximate surface area is 166 Å². The van der Waals surface area contributed by atoms with Crippen LogP contribution >= 0.6 is 11.3 Å². The predicted molar refractivity (Wildman–Crippen MR) is 112 cm³/mol. The van der Waals surface area contributed by atoms with Crippen LogP contribution in [-0.4, -0.2) is 36.2 Å². The lowest BCUT2D eigenvalue weighted by molar-refractivity contribution is 0.0243. The van der Waals surface area contributed by atoms with Gasteiger partial charge in [-0.2, -0.15) is 0 Å². The minimum atomic E-state index is -0.0819. The zero-order chi connectivity index (χ0) is 19.0. The van der Waals surface area contributed by atoms with Crippen LogP contribution in [0.2, 0.25) is 0 Å². The highest BCUT2D eigenvalue weighted by Crippen LogP contribution is 2.23. The summed E-state index contributed by atoms with van der Waals surface area (Å²) in [4.78, 5) is 9.43. The van der Waals surface area contributed by atoms with Crippen molar-refractivity contribution in [3.05, 3.63) is 52.0 Å². The van der Waals surface area contributed by atoms with E-state index in [9.17, 15) is 0 Å². The lowest BCUT2D eigenvalue weighted by atomic mass is 10.0. The van der Waals surface area contributed by atoms with E-state index < -0.39 is 0 Å². The Kier molecular flexibility index (Phi) is 7.24. The van der Waals surface area contributed by atoms with E-state index in [1.165, 1.54) is 10.6 Å². The van der Waals surface area contributed by atoms with Gasteiger partial charge in [-0.05, 0) is 38.7 Å². The van der Waals surface area contributed by atoms with E-state index in [-0.39, 0.29) is 5.60 Å². The Hall–Kier alpha value is -1.92. The average molecular weight is 387 g/mol. The molecule has 1 aliphatic rings. The van der Waals surface area contributed by atoms with Crippen molar-refractivity contribution in [2.24, 2.45) is 4.99 Å². The van der Waals surface area contributed by atoms with Crippen molar-refractivity contribution in [2.45, 2.75) is 51.7 Å². The molecular formula is C21H30N4OS. The molecule has 146 valence electrons. The Balaban J connectivity index is 1.50. The van der Waals surface area contributed by atoms with Crippen LogP contribution in [0.15, 0.2) is 40.7 Å². The van der Waals surface area contributed by atoms with Gasteiger partial charge >= 0.3 is 0 Å². The number of thiazole rings is 1. The maximum absolute atomic E-state index is 5.84. The van der Waals surface area contributed by atoms with E-state index in [1.54, 1.807) is 11.3 Å². The van der Waals surface area contributed by atoms with Crippen molar-refractivity contribution in [1.82, 2.24) is 15.6 Å². The minimum Gasteiger partial charge on any atom is -0.373 e. The number of hydrogen-bond acceptors (Lipinski definition) is 4. The van der Waals surface area contributed by atoms with Crippen molar-refractivity contribution in [3.63, 3.8) is 0 Å². The molecule has 2 N–H and O–H groups in total. The molecule has 0 saturated carbocycles. The van der Waals surface area contributed by atoms with E-state index in [0.717, 1.165) is 57.0 Å². The van der Waals surface area contributed by atoms with Gasteiger partial charge in [0, 0.05) is 31.5 Å². The van der Waals surface area contributed by atoms with Crippen LogP contribution in [0.1, 0.15) is 43.0 Å². The molecule has 0 amide bonds. The van der Waals surface area contributed by atoms with Crippen LogP contribution in [-0.2, 0) is 24.1 Å². The fraction of sp³-hybridized carbons (Fsp3) is 0.524. The van der Waals surface area contributed by atoms with E-state index in [1.807, 2.05) is 0 Å². The molecule has 0 bridgehead atoms. The highest BCUT2D eigenvalue weighted by atomic mass is 32.1. The standard InChI is InChI=1S/C21H30N4OS/c1-3-22-20(24-16-21(2)12-7-13-26-21)23-14-18-15-27-19(25-18)11-10-17-8-5-4-6-9-17/h4-6,8-9,15H,3,7,10-14,16H2,1-2H3,(H2,22,23,24). The molecule has 3 rings (SSSR count). The molecule has 1 unspecified atom stereocenters. The molecule has 1 aliphatic heterocycles. The van der Waals surface area contributed by atoms with Crippen LogP contribution in [0.4, 0.5) is 0 Å². The maximum atomic E-state index is 5.84.